The highest BCUT2D eigenvalue weighted by atomic mass is 79.9. The van der Waals surface area contributed by atoms with E-state index in [1.165, 1.54) is 6.33 Å². The molecule has 2 unspecified atom stereocenters. The minimum atomic E-state index is -4.04. The Hall–Kier alpha value is -1.33. The maximum atomic E-state index is 10.9. The molecule has 1 N–H and O–H groups in total. The highest BCUT2D eigenvalue weighted by molar-refractivity contribution is 9.10. The Morgan fingerprint density at radius 2 is 2.12 bits per heavy atom. The highest BCUT2D eigenvalue weighted by Crippen LogP contribution is 2.37. The van der Waals surface area contributed by atoms with Crippen molar-refractivity contribution >= 4 is 26.0 Å². The van der Waals surface area contributed by atoms with Crippen LogP contribution in [0, 0.1) is 0 Å². The average Bonchev–Trinajstić information content (AvgIpc) is 3.16. The molecule has 0 amide bonds. The van der Waals surface area contributed by atoms with Gasteiger partial charge >= 0.3 is 0 Å². The van der Waals surface area contributed by atoms with Crippen molar-refractivity contribution in [2.24, 2.45) is 0 Å². The lowest BCUT2D eigenvalue weighted by Crippen LogP contribution is -2.34. The molecular weight excluding hydrogens is 402 g/mol. The van der Waals surface area contributed by atoms with Gasteiger partial charge in [0.1, 0.15) is 19.2 Å². The molecule has 0 bridgehead atoms. The van der Waals surface area contributed by atoms with Crippen LogP contribution in [0.5, 0.6) is 0 Å². The van der Waals surface area contributed by atoms with Crippen LogP contribution in [-0.4, -0.2) is 46.2 Å². The number of hydrogen-bond acceptors (Lipinski definition) is 6. The molecule has 3 rings (SSSR count). The largest absolute Gasteiger partial charge is 0.342 e. The van der Waals surface area contributed by atoms with Crippen LogP contribution in [0.4, 0.5) is 0 Å². The van der Waals surface area contributed by atoms with Crippen LogP contribution in [-0.2, 0) is 31.9 Å². The zero-order valence-electron chi connectivity index (χ0n) is 12.6. The molecular formula is C14H16BrN3O5S. The summed E-state index contributed by atoms with van der Waals surface area (Å²) < 4.78 is 45.3. The van der Waals surface area contributed by atoms with Gasteiger partial charge in [0.15, 0.2) is 0 Å². The predicted molar refractivity (Wildman–Crippen MR) is 87.7 cm³/mol. The third kappa shape index (κ3) is 4.19. The summed E-state index contributed by atoms with van der Waals surface area (Å²) in [7, 11) is -4.04. The van der Waals surface area contributed by atoms with E-state index in [1.807, 2.05) is 24.3 Å². The van der Waals surface area contributed by atoms with Crippen molar-refractivity contribution in [3.05, 3.63) is 47.0 Å². The molecule has 0 aliphatic carbocycles. The standard InChI is InChI=1S/C14H16BrN3O5S/c15-12-3-1-11(2-4-12)14(8-18-10-16-9-17-18)22-7-13(23-14)5-6-24(19,20)21/h1-4,9-10,13H,5-8H2,(H,19,20,21). The number of benzene rings is 1. The van der Waals surface area contributed by atoms with Crippen molar-refractivity contribution in [3.8, 4) is 0 Å². The monoisotopic (exact) mass is 417 g/mol. The zero-order chi connectivity index (χ0) is 17.2. The van der Waals surface area contributed by atoms with Gasteiger partial charge in [-0.05, 0) is 18.6 Å². The lowest BCUT2D eigenvalue weighted by molar-refractivity contribution is -0.188. The lowest BCUT2D eigenvalue weighted by Gasteiger charge is -2.28. The van der Waals surface area contributed by atoms with E-state index in [2.05, 4.69) is 26.0 Å². The fourth-order valence-electron chi connectivity index (χ4n) is 2.54. The van der Waals surface area contributed by atoms with Crippen molar-refractivity contribution in [1.82, 2.24) is 14.8 Å². The lowest BCUT2D eigenvalue weighted by atomic mass is 10.1. The van der Waals surface area contributed by atoms with E-state index in [1.54, 1.807) is 11.0 Å². The molecule has 1 saturated heterocycles. The molecule has 130 valence electrons. The third-order valence-electron chi connectivity index (χ3n) is 3.68. The molecule has 24 heavy (non-hydrogen) atoms. The van der Waals surface area contributed by atoms with Crippen molar-refractivity contribution < 1.29 is 22.4 Å². The van der Waals surface area contributed by atoms with Crippen molar-refractivity contribution in [2.75, 3.05) is 12.4 Å². The minimum Gasteiger partial charge on any atom is -0.342 e. The number of ether oxygens (including phenoxy) is 2. The zero-order valence-corrected chi connectivity index (χ0v) is 15.0. The molecule has 0 saturated carbocycles. The highest BCUT2D eigenvalue weighted by Gasteiger charge is 2.44. The quantitative estimate of drug-likeness (QED) is 0.711. The van der Waals surface area contributed by atoms with E-state index in [-0.39, 0.29) is 25.3 Å². The fraction of sp³-hybridized carbons (Fsp3) is 0.429. The van der Waals surface area contributed by atoms with E-state index in [0.717, 1.165) is 10.0 Å². The Bertz CT molecular complexity index is 781. The molecule has 1 aliphatic heterocycles. The minimum absolute atomic E-state index is 0.147. The predicted octanol–water partition coefficient (Wildman–Crippen LogP) is 1.59. The van der Waals surface area contributed by atoms with E-state index >= 15 is 0 Å². The summed E-state index contributed by atoms with van der Waals surface area (Å²) in [6.45, 7) is 0.497. The molecule has 1 fully saturated rings. The Morgan fingerprint density at radius 1 is 1.38 bits per heavy atom. The molecule has 1 aromatic carbocycles. The molecule has 10 heteroatoms. The Morgan fingerprint density at radius 3 is 2.75 bits per heavy atom. The summed E-state index contributed by atoms with van der Waals surface area (Å²) in [5.41, 5.74) is 0.788. The molecule has 0 spiro atoms. The SMILES string of the molecule is O=S(=O)(O)CCC1COC(Cn2cncn2)(c2ccc(Br)cc2)O1. The van der Waals surface area contributed by atoms with Gasteiger partial charge in [-0.3, -0.25) is 4.55 Å². The van der Waals surface area contributed by atoms with E-state index in [0.29, 0.717) is 0 Å². The smallest absolute Gasteiger partial charge is 0.264 e. The third-order valence-corrected chi connectivity index (χ3v) is 4.96. The Labute approximate surface area is 147 Å². The molecule has 1 aliphatic rings. The number of nitrogens with zero attached hydrogens (tertiary/aromatic N) is 3. The Balaban J connectivity index is 1.82. The van der Waals surface area contributed by atoms with Gasteiger partial charge in [0.05, 0.1) is 18.5 Å². The maximum absolute atomic E-state index is 10.9. The molecule has 0 radical (unpaired) electrons. The van der Waals surface area contributed by atoms with Crippen LogP contribution in [0.15, 0.2) is 41.4 Å². The number of aromatic nitrogens is 3. The molecule has 2 atom stereocenters. The fourth-order valence-corrected chi connectivity index (χ4v) is 3.37. The van der Waals surface area contributed by atoms with Crippen molar-refractivity contribution in [3.63, 3.8) is 0 Å². The molecule has 1 aromatic heterocycles. The average molecular weight is 418 g/mol. The summed E-state index contributed by atoms with van der Waals surface area (Å²) in [4.78, 5) is 3.91. The van der Waals surface area contributed by atoms with Gasteiger partial charge in [-0.2, -0.15) is 13.5 Å². The Kier molecular flexibility index (Phi) is 5.02. The maximum Gasteiger partial charge on any atom is 0.264 e. The van der Waals surface area contributed by atoms with Gasteiger partial charge in [-0.1, -0.05) is 28.1 Å². The first-order chi connectivity index (χ1) is 11.4. The van der Waals surface area contributed by atoms with Gasteiger partial charge in [-0.15, -0.1) is 0 Å². The van der Waals surface area contributed by atoms with E-state index in [4.69, 9.17) is 14.0 Å². The second-order valence-corrected chi connectivity index (χ2v) is 7.97. The van der Waals surface area contributed by atoms with Crippen LogP contribution >= 0.6 is 15.9 Å². The number of halogens is 1. The summed E-state index contributed by atoms with van der Waals surface area (Å²) in [6.07, 6.45) is 2.67. The van der Waals surface area contributed by atoms with Crippen molar-refractivity contribution in [2.45, 2.75) is 24.9 Å². The number of hydrogen-bond donors (Lipinski definition) is 1. The van der Waals surface area contributed by atoms with Gasteiger partial charge in [-0.25, -0.2) is 9.67 Å². The first kappa shape index (κ1) is 17.5. The van der Waals surface area contributed by atoms with Crippen LogP contribution < -0.4 is 0 Å². The summed E-state index contributed by atoms with van der Waals surface area (Å²) in [5, 5.41) is 4.08. The van der Waals surface area contributed by atoms with Crippen molar-refractivity contribution in [1.29, 1.82) is 0 Å². The van der Waals surface area contributed by atoms with Gasteiger partial charge in [0.25, 0.3) is 10.1 Å². The van der Waals surface area contributed by atoms with Gasteiger partial charge in [0.2, 0.25) is 5.79 Å². The van der Waals surface area contributed by atoms with Crippen LogP contribution in [0.2, 0.25) is 0 Å². The van der Waals surface area contributed by atoms with Crippen LogP contribution in [0.25, 0.3) is 0 Å². The molecule has 2 aromatic rings. The topological polar surface area (TPSA) is 104 Å². The summed E-state index contributed by atoms with van der Waals surface area (Å²) >= 11 is 3.39. The normalized spacial score (nSPS) is 24.3. The van der Waals surface area contributed by atoms with Gasteiger partial charge in [0, 0.05) is 10.0 Å². The van der Waals surface area contributed by atoms with Gasteiger partial charge < -0.3 is 9.47 Å². The summed E-state index contributed by atoms with van der Waals surface area (Å²) in [5.74, 6) is -1.46. The van der Waals surface area contributed by atoms with E-state index < -0.39 is 22.0 Å². The molecule has 2 heterocycles. The second kappa shape index (κ2) is 6.89. The van der Waals surface area contributed by atoms with E-state index in [9.17, 15) is 8.42 Å². The second-order valence-electron chi connectivity index (χ2n) is 5.48. The molecule has 8 nitrogen and oxygen atoms in total. The first-order valence-corrected chi connectivity index (χ1v) is 9.62. The summed E-state index contributed by atoms with van der Waals surface area (Å²) in [6, 6.07) is 7.48. The van der Waals surface area contributed by atoms with Crippen LogP contribution in [0.3, 0.4) is 0 Å². The van der Waals surface area contributed by atoms with Crippen LogP contribution in [0.1, 0.15) is 12.0 Å². The number of rotatable bonds is 6. The first-order valence-electron chi connectivity index (χ1n) is 7.22.